The average molecular weight is 206 g/mol. The summed E-state index contributed by atoms with van der Waals surface area (Å²) >= 11 is 0. The van der Waals surface area contributed by atoms with Crippen molar-refractivity contribution in [2.75, 3.05) is 0 Å². The third-order valence-corrected chi connectivity index (χ3v) is 2.50. The number of aromatic nitrogens is 1. The third-order valence-electron chi connectivity index (χ3n) is 2.50. The zero-order valence-corrected chi connectivity index (χ0v) is 7.88. The minimum absolute atomic E-state index is 0.211. The zero-order valence-electron chi connectivity index (χ0n) is 7.88. The first kappa shape index (κ1) is 9.64. The molecule has 0 saturated carbocycles. The van der Waals surface area contributed by atoms with Crippen LogP contribution in [0.4, 0.5) is 0 Å². The van der Waals surface area contributed by atoms with Crippen molar-refractivity contribution in [2.24, 2.45) is 0 Å². The predicted molar refractivity (Wildman–Crippen MR) is 51.2 cm³/mol. The van der Waals surface area contributed by atoms with Gasteiger partial charge in [-0.2, -0.15) is 0 Å². The van der Waals surface area contributed by atoms with E-state index in [2.05, 4.69) is 10.3 Å². The van der Waals surface area contributed by atoms with Crippen LogP contribution in [0.15, 0.2) is 24.5 Å². The minimum atomic E-state index is -1.00. The molecule has 15 heavy (non-hydrogen) atoms. The first-order chi connectivity index (χ1) is 7.18. The summed E-state index contributed by atoms with van der Waals surface area (Å²) in [4.78, 5) is 26.0. The molecule has 1 aromatic rings. The van der Waals surface area contributed by atoms with Crippen molar-refractivity contribution in [1.82, 2.24) is 10.3 Å². The lowest BCUT2D eigenvalue weighted by atomic mass is 9.93. The molecule has 2 N–H and O–H groups in total. The second-order valence-electron chi connectivity index (χ2n) is 3.48. The summed E-state index contributed by atoms with van der Waals surface area (Å²) in [6, 6.07) is 2.69. The molecule has 2 atom stereocenters. The van der Waals surface area contributed by atoms with Crippen molar-refractivity contribution in [3.05, 3.63) is 30.1 Å². The van der Waals surface area contributed by atoms with Crippen LogP contribution >= 0.6 is 0 Å². The number of carboxylic acid groups (broad SMARTS) is 1. The van der Waals surface area contributed by atoms with Crippen LogP contribution in [0.25, 0.3) is 0 Å². The fourth-order valence-corrected chi connectivity index (χ4v) is 1.79. The summed E-state index contributed by atoms with van der Waals surface area (Å²) in [6.45, 7) is 0. The Bertz CT molecular complexity index is 391. The first-order valence-corrected chi connectivity index (χ1v) is 4.60. The molecule has 5 nitrogen and oxygen atoms in total. The summed E-state index contributed by atoms with van der Waals surface area (Å²) < 4.78 is 0. The van der Waals surface area contributed by atoms with Crippen LogP contribution in [-0.4, -0.2) is 28.0 Å². The second-order valence-corrected chi connectivity index (χ2v) is 3.48. The Hall–Kier alpha value is -1.91. The van der Waals surface area contributed by atoms with Gasteiger partial charge in [0.1, 0.15) is 6.04 Å². The molecular weight excluding hydrogens is 196 g/mol. The quantitative estimate of drug-likeness (QED) is 0.721. The maximum atomic E-state index is 11.1. The fraction of sp³-hybridized carbons (Fsp3) is 0.300. The molecule has 0 radical (unpaired) electrons. The summed E-state index contributed by atoms with van der Waals surface area (Å²) in [5, 5.41) is 11.4. The molecule has 1 aliphatic heterocycles. The van der Waals surface area contributed by atoms with Gasteiger partial charge in [-0.1, -0.05) is 6.07 Å². The number of nitrogens with one attached hydrogen (secondary N) is 1. The van der Waals surface area contributed by atoms with Gasteiger partial charge in [-0.15, -0.1) is 0 Å². The van der Waals surface area contributed by atoms with Crippen molar-refractivity contribution in [3.63, 3.8) is 0 Å². The number of aliphatic carboxylic acids is 1. The van der Waals surface area contributed by atoms with E-state index in [9.17, 15) is 9.59 Å². The van der Waals surface area contributed by atoms with Gasteiger partial charge in [-0.05, 0) is 11.6 Å². The number of carbonyl (C=O) groups excluding carboxylic acids is 1. The van der Waals surface area contributed by atoms with E-state index in [0.29, 0.717) is 0 Å². The van der Waals surface area contributed by atoms with Gasteiger partial charge in [0, 0.05) is 24.7 Å². The zero-order chi connectivity index (χ0) is 10.8. The molecule has 0 spiro atoms. The molecule has 1 aliphatic rings. The molecule has 0 bridgehead atoms. The minimum Gasteiger partial charge on any atom is -0.480 e. The Kier molecular flexibility index (Phi) is 2.37. The van der Waals surface area contributed by atoms with Crippen molar-refractivity contribution in [2.45, 2.75) is 18.4 Å². The smallest absolute Gasteiger partial charge is 0.326 e. The lowest BCUT2D eigenvalue weighted by molar-refractivity contribution is -0.140. The van der Waals surface area contributed by atoms with Crippen LogP contribution in [0.2, 0.25) is 0 Å². The molecule has 2 heterocycles. The largest absolute Gasteiger partial charge is 0.480 e. The van der Waals surface area contributed by atoms with Crippen molar-refractivity contribution < 1.29 is 14.7 Å². The molecule has 1 saturated heterocycles. The van der Waals surface area contributed by atoms with E-state index < -0.39 is 12.0 Å². The number of nitrogens with zero attached hydrogens (tertiary/aromatic N) is 1. The summed E-state index contributed by atoms with van der Waals surface area (Å²) in [5.41, 5.74) is 0.781. The Balaban J connectivity index is 2.28. The number of amides is 1. The van der Waals surface area contributed by atoms with E-state index in [4.69, 9.17) is 5.11 Å². The lowest BCUT2D eigenvalue weighted by Gasteiger charge is -2.13. The number of hydrogen-bond acceptors (Lipinski definition) is 3. The monoisotopic (exact) mass is 206 g/mol. The highest BCUT2D eigenvalue weighted by Gasteiger charge is 2.38. The Labute approximate surface area is 86.1 Å². The maximum Gasteiger partial charge on any atom is 0.326 e. The molecular formula is C10H10N2O3. The van der Waals surface area contributed by atoms with Crippen LogP contribution in [0.1, 0.15) is 17.9 Å². The van der Waals surface area contributed by atoms with Gasteiger partial charge in [0.15, 0.2) is 0 Å². The fourth-order valence-electron chi connectivity index (χ4n) is 1.79. The van der Waals surface area contributed by atoms with Crippen LogP contribution in [-0.2, 0) is 9.59 Å². The van der Waals surface area contributed by atoms with Crippen molar-refractivity contribution >= 4 is 11.9 Å². The molecule has 0 aromatic carbocycles. The SMILES string of the molecule is O=C1C[C@H](c2cccnc2)[C@@H](C(=O)O)N1. The van der Waals surface area contributed by atoms with Crippen LogP contribution in [0.5, 0.6) is 0 Å². The molecule has 1 fully saturated rings. The maximum absolute atomic E-state index is 11.1. The van der Waals surface area contributed by atoms with E-state index in [0.717, 1.165) is 5.56 Å². The standard InChI is InChI=1S/C10H10N2O3/c13-8-4-7(9(12-8)10(14)15)6-2-1-3-11-5-6/h1-3,5,7,9H,4H2,(H,12,13)(H,14,15)/t7-,9+/m1/s1. The van der Waals surface area contributed by atoms with Gasteiger partial charge in [-0.25, -0.2) is 4.79 Å². The van der Waals surface area contributed by atoms with Gasteiger partial charge in [0.25, 0.3) is 0 Å². The van der Waals surface area contributed by atoms with Gasteiger partial charge in [0.2, 0.25) is 5.91 Å². The van der Waals surface area contributed by atoms with Gasteiger partial charge >= 0.3 is 5.97 Å². The first-order valence-electron chi connectivity index (χ1n) is 4.60. The highest BCUT2D eigenvalue weighted by Crippen LogP contribution is 2.27. The topological polar surface area (TPSA) is 79.3 Å². The number of carboxylic acids is 1. The lowest BCUT2D eigenvalue weighted by Crippen LogP contribution is -2.36. The molecule has 2 rings (SSSR count). The molecule has 0 aliphatic carbocycles. The Morgan fingerprint density at radius 1 is 1.60 bits per heavy atom. The van der Waals surface area contributed by atoms with E-state index in [-0.39, 0.29) is 18.2 Å². The van der Waals surface area contributed by atoms with Gasteiger partial charge in [0.05, 0.1) is 0 Å². The molecule has 78 valence electrons. The Morgan fingerprint density at radius 2 is 2.40 bits per heavy atom. The van der Waals surface area contributed by atoms with Crippen LogP contribution < -0.4 is 5.32 Å². The summed E-state index contributed by atoms with van der Waals surface area (Å²) in [6.07, 6.45) is 3.42. The van der Waals surface area contributed by atoms with Gasteiger partial charge < -0.3 is 10.4 Å². The summed E-state index contributed by atoms with van der Waals surface area (Å²) in [5.74, 6) is -1.55. The third kappa shape index (κ3) is 1.81. The summed E-state index contributed by atoms with van der Waals surface area (Å²) in [7, 11) is 0. The molecule has 1 aromatic heterocycles. The number of hydrogen-bond donors (Lipinski definition) is 2. The van der Waals surface area contributed by atoms with Crippen LogP contribution in [0.3, 0.4) is 0 Å². The number of carbonyl (C=O) groups is 2. The van der Waals surface area contributed by atoms with E-state index in [1.54, 1.807) is 24.5 Å². The van der Waals surface area contributed by atoms with Crippen molar-refractivity contribution in [3.8, 4) is 0 Å². The molecule has 0 unspecified atom stereocenters. The molecule has 1 amide bonds. The highest BCUT2D eigenvalue weighted by atomic mass is 16.4. The number of pyridine rings is 1. The van der Waals surface area contributed by atoms with Crippen molar-refractivity contribution in [1.29, 1.82) is 0 Å². The predicted octanol–water partition coefficient (Wildman–Crippen LogP) is 0.138. The normalized spacial score (nSPS) is 24.9. The second kappa shape index (κ2) is 3.68. The van der Waals surface area contributed by atoms with Crippen LogP contribution in [0, 0.1) is 0 Å². The number of rotatable bonds is 2. The molecule has 5 heteroatoms. The van der Waals surface area contributed by atoms with E-state index in [1.807, 2.05) is 0 Å². The van der Waals surface area contributed by atoms with E-state index >= 15 is 0 Å². The average Bonchev–Trinajstić information content (AvgIpc) is 2.62. The van der Waals surface area contributed by atoms with E-state index in [1.165, 1.54) is 0 Å². The van der Waals surface area contributed by atoms with Gasteiger partial charge in [-0.3, -0.25) is 9.78 Å². The Morgan fingerprint density at radius 3 is 3.00 bits per heavy atom. The highest BCUT2D eigenvalue weighted by molar-refractivity contribution is 5.89.